The molecule has 2 N–H and O–H groups in total. The van der Waals surface area contributed by atoms with Gasteiger partial charge in [-0.1, -0.05) is 0 Å². The van der Waals surface area contributed by atoms with E-state index < -0.39 is 9.84 Å². The van der Waals surface area contributed by atoms with Crippen LogP contribution in [0.3, 0.4) is 0 Å². The lowest BCUT2D eigenvalue weighted by molar-refractivity contribution is 0.0374. The Bertz CT molecular complexity index is 347. The second kappa shape index (κ2) is 4.84. The lowest BCUT2D eigenvalue weighted by Crippen LogP contribution is -2.62. The van der Waals surface area contributed by atoms with Crippen LogP contribution in [0.2, 0.25) is 0 Å². The third kappa shape index (κ3) is 2.81. The first-order chi connectivity index (χ1) is 7.97. The summed E-state index contributed by atoms with van der Waals surface area (Å²) < 4.78 is 23.0. The zero-order chi connectivity index (χ0) is 12.5. The van der Waals surface area contributed by atoms with Gasteiger partial charge in [0.25, 0.3) is 0 Å². The van der Waals surface area contributed by atoms with Gasteiger partial charge in [-0.25, -0.2) is 8.42 Å². The molecule has 2 heterocycles. The Morgan fingerprint density at radius 3 is 2.12 bits per heavy atom. The molecule has 0 aromatic carbocycles. The molecule has 0 atom stereocenters. The fourth-order valence-corrected chi connectivity index (χ4v) is 4.43. The highest BCUT2D eigenvalue weighted by atomic mass is 32.2. The molecule has 2 aliphatic rings. The van der Waals surface area contributed by atoms with E-state index in [9.17, 15) is 8.42 Å². The van der Waals surface area contributed by atoms with Gasteiger partial charge >= 0.3 is 0 Å². The van der Waals surface area contributed by atoms with Gasteiger partial charge in [-0.05, 0) is 19.9 Å². The van der Waals surface area contributed by atoms with E-state index in [0.717, 1.165) is 26.2 Å². The minimum atomic E-state index is -2.81. The van der Waals surface area contributed by atoms with Crippen LogP contribution in [0, 0.1) is 0 Å². The van der Waals surface area contributed by atoms with Gasteiger partial charge in [0.15, 0.2) is 0 Å². The lowest BCUT2D eigenvalue weighted by atomic mass is 9.89. The van der Waals surface area contributed by atoms with E-state index in [0.29, 0.717) is 30.9 Å². The van der Waals surface area contributed by atoms with Crippen LogP contribution in [0.1, 0.15) is 12.8 Å². The van der Waals surface area contributed by atoms with Crippen LogP contribution in [0.4, 0.5) is 0 Å². The number of rotatable bonds is 2. The monoisotopic (exact) mass is 261 g/mol. The van der Waals surface area contributed by atoms with E-state index in [1.165, 1.54) is 0 Å². The van der Waals surface area contributed by atoms with Crippen LogP contribution in [-0.4, -0.2) is 75.0 Å². The van der Waals surface area contributed by atoms with Crippen LogP contribution in [0.15, 0.2) is 0 Å². The molecular weight excluding hydrogens is 238 g/mol. The molecule has 0 spiro atoms. The van der Waals surface area contributed by atoms with E-state index in [-0.39, 0.29) is 5.54 Å². The maximum Gasteiger partial charge on any atom is 0.150 e. The predicted molar refractivity (Wildman–Crippen MR) is 68.7 cm³/mol. The smallest absolute Gasteiger partial charge is 0.150 e. The first-order valence-electron chi connectivity index (χ1n) is 6.32. The number of nitrogens with two attached hydrogens (primary N) is 1. The standard InChI is InChI=1S/C11H23N3O2S/c1-13-4-6-14(7-5-13)11(10-12)2-8-17(15,16)9-3-11/h2-10,12H2,1H3. The first kappa shape index (κ1) is 13.3. The first-order valence-corrected chi connectivity index (χ1v) is 8.14. The van der Waals surface area contributed by atoms with Crippen molar-refractivity contribution in [3.63, 3.8) is 0 Å². The van der Waals surface area contributed by atoms with Crippen molar-refractivity contribution in [3.05, 3.63) is 0 Å². The molecule has 0 amide bonds. The van der Waals surface area contributed by atoms with Crippen molar-refractivity contribution in [2.45, 2.75) is 18.4 Å². The van der Waals surface area contributed by atoms with Gasteiger partial charge < -0.3 is 10.6 Å². The van der Waals surface area contributed by atoms with Crippen molar-refractivity contribution < 1.29 is 8.42 Å². The highest BCUT2D eigenvalue weighted by molar-refractivity contribution is 7.91. The second-order valence-electron chi connectivity index (χ2n) is 5.37. The molecule has 0 aromatic heterocycles. The number of sulfone groups is 1. The summed E-state index contributed by atoms with van der Waals surface area (Å²) in [6, 6.07) is 0. The minimum absolute atomic E-state index is 0.0629. The van der Waals surface area contributed by atoms with Crippen molar-refractivity contribution >= 4 is 9.84 Å². The van der Waals surface area contributed by atoms with Gasteiger partial charge in [0, 0.05) is 38.3 Å². The Kier molecular flexibility index (Phi) is 3.77. The predicted octanol–water partition coefficient (Wildman–Crippen LogP) is -0.860. The Morgan fingerprint density at radius 2 is 1.65 bits per heavy atom. The van der Waals surface area contributed by atoms with E-state index in [2.05, 4.69) is 16.8 Å². The summed E-state index contributed by atoms with van der Waals surface area (Å²) in [5, 5.41) is 0. The van der Waals surface area contributed by atoms with E-state index in [4.69, 9.17) is 5.73 Å². The molecule has 0 aromatic rings. The minimum Gasteiger partial charge on any atom is -0.329 e. The van der Waals surface area contributed by atoms with Gasteiger partial charge in [0.2, 0.25) is 0 Å². The Labute approximate surface area is 104 Å². The summed E-state index contributed by atoms with van der Waals surface area (Å²) in [6.07, 6.45) is 1.41. The average Bonchev–Trinajstić information content (AvgIpc) is 2.31. The van der Waals surface area contributed by atoms with Gasteiger partial charge in [-0.2, -0.15) is 0 Å². The maximum atomic E-state index is 11.5. The molecule has 5 nitrogen and oxygen atoms in total. The summed E-state index contributed by atoms with van der Waals surface area (Å²) in [4.78, 5) is 4.72. The molecule has 2 saturated heterocycles. The number of hydrogen-bond acceptors (Lipinski definition) is 5. The molecule has 0 saturated carbocycles. The molecule has 100 valence electrons. The fraction of sp³-hybridized carbons (Fsp3) is 1.00. The van der Waals surface area contributed by atoms with Crippen LogP contribution in [0.5, 0.6) is 0 Å². The normalized spacial score (nSPS) is 30.2. The van der Waals surface area contributed by atoms with Crippen LogP contribution in [0.25, 0.3) is 0 Å². The third-order valence-electron chi connectivity index (χ3n) is 4.31. The SMILES string of the molecule is CN1CCN(C2(CN)CCS(=O)(=O)CC2)CC1. The molecule has 6 heteroatoms. The summed E-state index contributed by atoms with van der Waals surface area (Å²) in [6.45, 7) is 4.69. The van der Waals surface area contributed by atoms with Crippen LogP contribution < -0.4 is 5.73 Å². The maximum absolute atomic E-state index is 11.5. The van der Waals surface area contributed by atoms with Gasteiger partial charge in [0.1, 0.15) is 9.84 Å². The van der Waals surface area contributed by atoms with Crippen molar-refractivity contribution in [1.82, 2.24) is 9.80 Å². The fourth-order valence-electron chi connectivity index (χ4n) is 2.85. The van der Waals surface area contributed by atoms with Crippen molar-refractivity contribution in [1.29, 1.82) is 0 Å². The third-order valence-corrected chi connectivity index (χ3v) is 5.96. The van der Waals surface area contributed by atoms with E-state index >= 15 is 0 Å². The largest absolute Gasteiger partial charge is 0.329 e. The van der Waals surface area contributed by atoms with Crippen molar-refractivity contribution in [2.24, 2.45) is 5.73 Å². The Hall–Kier alpha value is -0.170. The van der Waals surface area contributed by atoms with Gasteiger partial charge in [-0.3, -0.25) is 4.90 Å². The Morgan fingerprint density at radius 1 is 1.12 bits per heavy atom. The molecular formula is C11H23N3O2S. The summed E-state index contributed by atoms with van der Waals surface area (Å²) in [7, 11) is -0.683. The average molecular weight is 261 g/mol. The molecule has 0 aliphatic carbocycles. The second-order valence-corrected chi connectivity index (χ2v) is 7.67. The number of piperazine rings is 1. The summed E-state index contributed by atoms with van der Waals surface area (Å²) in [5.74, 6) is 0.604. The van der Waals surface area contributed by atoms with E-state index in [1.54, 1.807) is 0 Å². The van der Waals surface area contributed by atoms with E-state index in [1.807, 2.05) is 0 Å². The number of hydrogen-bond donors (Lipinski definition) is 1. The molecule has 0 bridgehead atoms. The molecule has 2 fully saturated rings. The zero-order valence-corrected chi connectivity index (χ0v) is 11.4. The quantitative estimate of drug-likeness (QED) is 0.701. The summed E-state index contributed by atoms with van der Waals surface area (Å²) >= 11 is 0. The van der Waals surface area contributed by atoms with Crippen molar-refractivity contribution in [3.8, 4) is 0 Å². The topological polar surface area (TPSA) is 66.6 Å². The summed E-state index contributed by atoms with van der Waals surface area (Å²) in [5.41, 5.74) is 5.88. The van der Waals surface area contributed by atoms with Crippen molar-refractivity contribution in [2.75, 3.05) is 51.3 Å². The van der Waals surface area contributed by atoms with Gasteiger partial charge in [0.05, 0.1) is 11.5 Å². The molecule has 0 radical (unpaired) electrons. The number of likely N-dealkylation sites (N-methyl/N-ethyl adjacent to an activating group) is 1. The highest BCUT2D eigenvalue weighted by Gasteiger charge is 2.41. The Balaban J connectivity index is 2.05. The van der Waals surface area contributed by atoms with Crippen LogP contribution >= 0.6 is 0 Å². The lowest BCUT2D eigenvalue weighted by Gasteiger charge is -2.48. The van der Waals surface area contributed by atoms with Gasteiger partial charge in [-0.15, -0.1) is 0 Å². The number of nitrogens with zero attached hydrogens (tertiary/aromatic N) is 2. The molecule has 2 aliphatic heterocycles. The molecule has 17 heavy (non-hydrogen) atoms. The highest BCUT2D eigenvalue weighted by Crippen LogP contribution is 2.30. The molecule has 0 unspecified atom stereocenters. The van der Waals surface area contributed by atoms with Crippen LogP contribution in [-0.2, 0) is 9.84 Å². The molecule has 2 rings (SSSR count). The zero-order valence-electron chi connectivity index (χ0n) is 10.6.